The SMILES string of the molecule is CCN1[C@@H](CC(C)(C)C)[C@@]2(CNc3cc(Cl)ccc32)[C@@H](c2cccc(Cl)c2)[C@@H]1C(=O)Nc1ccncc1. The first kappa shape index (κ1) is 26.0. The Hall–Kier alpha value is -2.60. The van der Waals surface area contributed by atoms with Crippen LogP contribution in [0.2, 0.25) is 10.0 Å². The van der Waals surface area contributed by atoms with E-state index in [2.05, 4.69) is 60.3 Å². The Labute approximate surface area is 229 Å². The molecular formula is C30H34Cl2N4O. The molecule has 1 spiro atoms. The monoisotopic (exact) mass is 536 g/mol. The molecule has 7 heteroatoms. The lowest BCUT2D eigenvalue weighted by Crippen LogP contribution is -2.48. The summed E-state index contributed by atoms with van der Waals surface area (Å²) in [5, 5.41) is 8.24. The lowest BCUT2D eigenvalue weighted by Gasteiger charge is -2.41. The number of amides is 1. The summed E-state index contributed by atoms with van der Waals surface area (Å²) in [4.78, 5) is 20.7. The first-order valence-corrected chi connectivity index (χ1v) is 13.7. The zero-order valence-electron chi connectivity index (χ0n) is 21.8. The number of hydrogen-bond acceptors (Lipinski definition) is 4. The largest absolute Gasteiger partial charge is 0.384 e. The molecule has 1 aromatic heterocycles. The van der Waals surface area contributed by atoms with Crippen LogP contribution in [-0.4, -0.2) is 41.0 Å². The Bertz CT molecular complexity index is 1290. The van der Waals surface area contributed by atoms with Gasteiger partial charge in [0.2, 0.25) is 5.91 Å². The van der Waals surface area contributed by atoms with Crippen LogP contribution in [0, 0.1) is 5.41 Å². The molecule has 0 unspecified atom stereocenters. The molecule has 2 aliphatic heterocycles. The van der Waals surface area contributed by atoms with Crippen molar-refractivity contribution in [3.8, 4) is 0 Å². The molecule has 1 fully saturated rings. The van der Waals surface area contributed by atoms with E-state index in [1.165, 1.54) is 5.56 Å². The van der Waals surface area contributed by atoms with Crippen LogP contribution >= 0.6 is 23.2 Å². The minimum Gasteiger partial charge on any atom is -0.384 e. The number of likely N-dealkylation sites (tertiary alicyclic amines) is 1. The molecular weight excluding hydrogens is 503 g/mol. The molecule has 1 amide bonds. The summed E-state index contributed by atoms with van der Waals surface area (Å²) in [7, 11) is 0. The third-order valence-electron chi connectivity index (χ3n) is 7.87. The van der Waals surface area contributed by atoms with Crippen LogP contribution in [0.25, 0.3) is 0 Å². The second-order valence-electron chi connectivity index (χ2n) is 11.4. The van der Waals surface area contributed by atoms with Crippen LogP contribution in [0.4, 0.5) is 11.4 Å². The van der Waals surface area contributed by atoms with Crippen LogP contribution in [0.5, 0.6) is 0 Å². The number of halogens is 2. The zero-order valence-corrected chi connectivity index (χ0v) is 23.3. The van der Waals surface area contributed by atoms with Gasteiger partial charge in [0.15, 0.2) is 0 Å². The fourth-order valence-electron chi connectivity index (χ4n) is 6.58. The molecule has 37 heavy (non-hydrogen) atoms. The van der Waals surface area contributed by atoms with Crippen LogP contribution in [-0.2, 0) is 10.2 Å². The molecule has 0 saturated carbocycles. The standard InChI is InChI=1S/C30H34Cl2N4O/c1-5-36-25(17-29(2,3)4)30(18-34-24-16-21(32)9-10-23(24)30)26(19-7-6-8-20(31)15-19)27(36)28(37)35-22-11-13-33-14-12-22/h6-16,25-27,34H,5,17-18H2,1-4H3,(H,33,35,37)/t25-,26-,27+,30-/m0/s1. The van der Waals surface area contributed by atoms with Crippen molar-refractivity contribution < 1.29 is 4.79 Å². The van der Waals surface area contributed by atoms with E-state index >= 15 is 0 Å². The van der Waals surface area contributed by atoms with Crippen molar-refractivity contribution in [2.24, 2.45) is 5.41 Å². The van der Waals surface area contributed by atoms with E-state index in [4.69, 9.17) is 23.2 Å². The highest BCUT2D eigenvalue weighted by Gasteiger charge is 2.64. The maximum atomic E-state index is 14.2. The summed E-state index contributed by atoms with van der Waals surface area (Å²) in [5.41, 5.74) is 3.77. The number of likely N-dealkylation sites (N-methyl/N-ethyl adjacent to an activating group) is 1. The molecule has 3 aromatic rings. The van der Waals surface area contributed by atoms with Gasteiger partial charge < -0.3 is 10.6 Å². The smallest absolute Gasteiger partial charge is 0.242 e. The Morgan fingerprint density at radius 2 is 1.84 bits per heavy atom. The van der Waals surface area contributed by atoms with Gasteiger partial charge in [-0.05, 0) is 65.9 Å². The number of anilines is 2. The van der Waals surface area contributed by atoms with Gasteiger partial charge in [0.25, 0.3) is 0 Å². The average molecular weight is 538 g/mol. The van der Waals surface area contributed by atoms with Crippen molar-refractivity contribution in [1.82, 2.24) is 9.88 Å². The third-order valence-corrected chi connectivity index (χ3v) is 8.34. The number of aromatic nitrogens is 1. The van der Waals surface area contributed by atoms with Crippen molar-refractivity contribution in [2.75, 3.05) is 23.7 Å². The highest BCUT2D eigenvalue weighted by Crippen LogP contribution is 2.59. The highest BCUT2D eigenvalue weighted by atomic mass is 35.5. The Morgan fingerprint density at radius 1 is 1.11 bits per heavy atom. The highest BCUT2D eigenvalue weighted by molar-refractivity contribution is 6.31. The second-order valence-corrected chi connectivity index (χ2v) is 12.3. The van der Waals surface area contributed by atoms with Crippen LogP contribution in [0.3, 0.4) is 0 Å². The van der Waals surface area contributed by atoms with Gasteiger partial charge in [-0.15, -0.1) is 0 Å². The molecule has 0 radical (unpaired) electrons. The number of nitrogens with one attached hydrogen (secondary N) is 2. The number of carbonyl (C=O) groups is 1. The summed E-state index contributed by atoms with van der Waals surface area (Å²) in [6.07, 6.45) is 4.32. The molecule has 194 valence electrons. The molecule has 3 heterocycles. The Balaban J connectivity index is 1.73. The lowest BCUT2D eigenvalue weighted by molar-refractivity contribution is -0.121. The summed E-state index contributed by atoms with van der Waals surface area (Å²) < 4.78 is 0. The summed E-state index contributed by atoms with van der Waals surface area (Å²) in [6.45, 7) is 10.4. The van der Waals surface area contributed by atoms with Crippen LogP contribution < -0.4 is 10.6 Å². The van der Waals surface area contributed by atoms with Gasteiger partial charge in [-0.2, -0.15) is 0 Å². The fourth-order valence-corrected chi connectivity index (χ4v) is 6.95. The van der Waals surface area contributed by atoms with Crippen LogP contribution in [0.15, 0.2) is 67.0 Å². The molecule has 2 aliphatic rings. The van der Waals surface area contributed by atoms with E-state index in [0.29, 0.717) is 10.0 Å². The molecule has 1 saturated heterocycles. The first-order chi connectivity index (χ1) is 17.6. The minimum absolute atomic E-state index is 0.0174. The number of benzene rings is 2. The number of hydrogen-bond donors (Lipinski definition) is 2. The lowest BCUT2D eigenvalue weighted by atomic mass is 9.63. The second kappa shape index (κ2) is 9.94. The van der Waals surface area contributed by atoms with Crippen molar-refractivity contribution in [2.45, 2.75) is 57.5 Å². The van der Waals surface area contributed by atoms with E-state index in [0.717, 1.165) is 36.4 Å². The van der Waals surface area contributed by atoms with E-state index in [1.54, 1.807) is 12.4 Å². The van der Waals surface area contributed by atoms with Gasteiger partial charge >= 0.3 is 0 Å². The van der Waals surface area contributed by atoms with Crippen molar-refractivity contribution >= 4 is 40.5 Å². The summed E-state index contributed by atoms with van der Waals surface area (Å²) in [5.74, 6) is -0.147. The van der Waals surface area contributed by atoms with Gasteiger partial charge in [0, 0.05) is 57.7 Å². The van der Waals surface area contributed by atoms with Crippen molar-refractivity contribution in [3.63, 3.8) is 0 Å². The predicted molar refractivity (Wildman–Crippen MR) is 153 cm³/mol. The molecule has 5 nitrogen and oxygen atoms in total. The molecule has 0 aliphatic carbocycles. The van der Waals surface area contributed by atoms with Gasteiger partial charge in [-0.25, -0.2) is 0 Å². The van der Waals surface area contributed by atoms with E-state index < -0.39 is 6.04 Å². The number of nitrogens with zero attached hydrogens (tertiary/aromatic N) is 2. The number of fused-ring (bicyclic) bond motifs is 2. The van der Waals surface area contributed by atoms with Crippen molar-refractivity contribution in [1.29, 1.82) is 0 Å². The normalized spacial score (nSPS) is 25.2. The van der Waals surface area contributed by atoms with E-state index in [-0.39, 0.29) is 28.7 Å². The Kier molecular flexibility index (Phi) is 6.99. The molecule has 5 rings (SSSR count). The molecule has 2 aromatic carbocycles. The number of pyridine rings is 1. The maximum Gasteiger partial charge on any atom is 0.242 e. The molecule has 0 bridgehead atoms. The van der Waals surface area contributed by atoms with Gasteiger partial charge in [-0.3, -0.25) is 14.7 Å². The van der Waals surface area contributed by atoms with Gasteiger partial charge in [0.05, 0.1) is 6.04 Å². The average Bonchev–Trinajstić information content (AvgIpc) is 3.34. The van der Waals surface area contributed by atoms with Gasteiger partial charge in [-0.1, -0.05) is 69.1 Å². The maximum absolute atomic E-state index is 14.2. The van der Waals surface area contributed by atoms with Gasteiger partial charge in [0.1, 0.15) is 0 Å². The topological polar surface area (TPSA) is 57.3 Å². The number of carbonyl (C=O) groups excluding carboxylic acids is 1. The minimum atomic E-state index is -0.396. The quantitative estimate of drug-likeness (QED) is 0.369. The predicted octanol–water partition coefficient (Wildman–Crippen LogP) is 6.98. The van der Waals surface area contributed by atoms with Crippen LogP contribution in [0.1, 0.15) is 51.2 Å². The third kappa shape index (κ3) is 4.73. The molecule has 4 atom stereocenters. The molecule has 2 N–H and O–H groups in total. The fraction of sp³-hybridized carbons (Fsp3) is 0.400. The number of rotatable bonds is 5. The zero-order chi connectivity index (χ0) is 26.4. The van der Waals surface area contributed by atoms with Crippen molar-refractivity contribution in [3.05, 3.63) is 88.2 Å². The summed E-state index contributed by atoms with van der Waals surface area (Å²) >= 11 is 13.0. The summed E-state index contributed by atoms with van der Waals surface area (Å²) in [6, 6.07) is 17.5. The van der Waals surface area contributed by atoms with E-state index in [9.17, 15) is 4.79 Å². The first-order valence-electron chi connectivity index (χ1n) is 12.9. The Morgan fingerprint density at radius 3 is 2.51 bits per heavy atom. The van der Waals surface area contributed by atoms with E-state index in [1.807, 2.05) is 42.5 Å².